The lowest BCUT2D eigenvalue weighted by Gasteiger charge is -2.04. The number of hydrogen-bond acceptors (Lipinski definition) is 2. The van der Waals surface area contributed by atoms with Gasteiger partial charge in [0.05, 0.1) is 11.4 Å². The van der Waals surface area contributed by atoms with Gasteiger partial charge in [0.25, 0.3) is 0 Å². The molecule has 0 saturated heterocycles. The van der Waals surface area contributed by atoms with Gasteiger partial charge in [-0.3, -0.25) is 4.72 Å². The van der Waals surface area contributed by atoms with E-state index < -0.39 is 10.0 Å². The smallest absolute Gasteiger partial charge is 0.237 e. The van der Waals surface area contributed by atoms with Crippen LogP contribution in [-0.2, 0) is 15.8 Å². The number of nitrogens with one attached hydrogen (secondary N) is 1. The van der Waals surface area contributed by atoms with Crippen molar-refractivity contribution in [2.45, 2.75) is 5.75 Å². The van der Waals surface area contributed by atoms with Gasteiger partial charge in [0.2, 0.25) is 10.0 Å². The average Bonchev–Trinajstić information content (AvgIpc) is 2.61. The Morgan fingerprint density at radius 3 is 2.61 bits per heavy atom. The van der Waals surface area contributed by atoms with E-state index in [4.69, 9.17) is 0 Å². The summed E-state index contributed by atoms with van der Waals surface area (Å²) in [5, 5.41) is 0. The van der Waals surface area contributed by atoms with Gasteiger partial charge in [-0.25, -0.2) is 12.8 Å². The molecule has 2 aromatic carbocycles. The Hall–Kier alpha value is -1.88. The lowest BCUT2D eigenvalue weighted by atomic mass is 10.0. The fraction of sp³-hybridized carbons (Fsp3) is 0.0769. The Morgan fingerprint density at radius 2 is 1.83 bits per heavy atom. The van der Waals surface area contributed by atoms with E-state index in [9.17, 15) is 12.8 Å². The maximum Gasteiger partial charge on any atom is 0.237 e. The number of anilines is 1. The Labute approximate surface area is 104 Å². The molecule has 2 aromatic rings. The number of sulfonamides is 1. The second kappa shape index (κ2) is 3.81. The first-order valence-corrected chi connectivity index (χ1v) is 7.08. The molecule has 1 aliphatic heterocycles. The van der Waals surface area contributed by atoms with E-state index in [1.54, 1.807) is 30.3 Å². The van der Waals surface area contributed by atoms with Gasteiger partial charge in [0.1, 0.15) is 5.82 Å². The number of fused-ring (bicyclic) bond motifs is 1. The molecule has 3 rings (SSSR count). The molecule has 5 heteroatoms. The van der Waals surface area contributed by atoms with E-state index in [0.717, 1.165) is 16.7 Å². The molecule has 0 radical (unpaired) electrons. The monoisotopic (exact) mass is 263 g/mol. The van der Waals surface area contributed by atoms with Crippen molar-refractivity contribution in [3.8, 4) is 11.1 Å². The summed E-state index contributed by atoms with van der Waals surface area (Å²) in [6.45, 7) is 0. The minimum atomic E-state index is -3.24. The maximum atomic E-state index is 13.1. The van der Waals surface area contributed by atoms with Crippen molar-refractivity contribution >= 4 is 15.7 Å². The van der Waals surface area contributed by atoms with Gasteiger partial charge in [0.15, 0.2) is 0 Å². The van der Waals surface area contributed by atoms with Crippen LogP contribution >= 0.6 is 0 Å². The van der Waals surface area contributed by atoms with Gasteiger partial charge in [-0.15, -0.1) is 0 Å². The minimum Gasteiger partial charge on any atom is -0.283 e. The van der Waals surface area contributed by atoms with Crippen LogP contribution in [0, 0.1) is 5.82 Å². The summed E-state index contributed by atoms with van der Waals surface area (Å²) in [6.07, 6.45) is 0. The number of halogens is 1. The normalized spacial score (nSPS) is 16.1. The van der Waals surface area contributed by atoms with Crippen molar-refractivity contribution < 1.29 is 12.8 Å². The van der Waals surface area contributed by atoms with Crippen molar-refractivity contribution in [1.82, 2.24) is 0 Å². The molecule has 92 valence electrons. The Kier molecular flexibility index (Phi) is 2.38. The second-order valence-corrected chi connectivity index (χ2v) is 5.97. The largest absolute Gasteiger partial charge is 0.283 e. The van der Waals surface area contributed by atoms with Crippen LogP contribution in [0.2, 0.25) is 0 Å². The van der Waals surface area contributed by atoms with Crippen LogP contribution in [0.15, 0.2) is 42.5 Å². The lowest BCUT2D eigenvalue weighted by molar-refractivity contribution is 0.602. The molecular formula is C13H10FNO2S. The zero-order valence-electron chi connectivity index (χ0n) is 9.35. The van der Waals surface area contributed by atoms with Gasteiger partial charge in [-0.1, -0.05) is 18.2 Å². The third-order valence-corrected chi connectivity index (χ3v) is 4.10. The van der Waals surface area contributed by atoms with Crippen LogP contribution in [0.1, 0.15) is 5.56 Å². The van der Waals surface area contributed by atoms with Gasteiger partial charge in [0, 0.05) is 0 Å². The molecule has 0 unspecified atom stereocenters. The minimum absolute atomic E-state index is 0.0223. The van der Waals surface area contributed by atoms with Gasteiger partial charge < -0.3 is 0 Å². The summed E-state index contributed by atoms with van der Waals surface area (Å²) in [7, 11) is -3.24. The summed E-state index contributed by atoms with van der Waals surface area (Å²) in [6, 6.07) is 11.5. The number of hydrogen-bond donors (Lipinski definition) is 1. The molecule has 3 nitrogen and oxygen atoms in total. The molecule has 0 aromatic heterocycles. The van der Waals surface area contributed by atoms with E-state index in [1.165, 1.54) is 12.1 Å². The maximum absolute atomic E-state index is 13.1. The summed E-state index contributed by atoms with van der Waals surface area (Å²) < 4.78 is 38.4. The molecule has 1 heterocycles. The molecule has 0 fully saturated rings. The van der Waals surface area contributed by atoms with Crippen LogP contribution in [0.3, 0.4) is 0 Å². The quantitative estimate of drug-likeness (QED) is 0.860. The SMILES string of the molecule is O=S1(=O)Cc2cc(-c3cccc(F)c3)ccc2N1. The molecule has 1 N–H and O–H groups in total. The summed E-state index contributed by atoms with van der Waals surface area (Å²) in [4.78, 5) is 0. The molecule has 0 atom stereocenters. The van der Waals surface area contributed by atoms with E-state index >= 15 is 0 Å². The number of benzene rings is 2. The topological polar surface area (TPSA) is 46.2 Å². The molecule has 0 saturated carbocycles. The highest BCUT2D eigenvalue weighted by Crippen LogP contribution is 2.31. The summed E-state index contributed by atoms with van der Waals surface area (Å²) in [5.74, 6) is -0.329. The molecule has 0 aliphatic carbocycles. The fourth-order valence-electron chi connectivity index (χ4n) is 2.07. The van der Waals surface area contributed by atoms with E-state index in [1.807, 2.05) is 0 Å². The van der Waals surface area contributed by atoms with E-state index in [2.05, 4.69) is 4.72 Å². The van der Waals surface area contributed by atoms with Crippen molar-refractivity contribution in [3.05, 3.63) is 53.8 Å². The number of rotatable bonds is 1. The van der Waals surface area contributed by atoms with Crippen LogP contribution < -0.4 is 4.72 Å². The van der Waals surface area contributed by atoms with Crippen molar-refractivity contribution in [1.29, 1.82) is 0 Å². The van der Waals surface area contributed by atoms with Crippen molar-refractivity contribution in [3.63, 3.8) is 0 Å². The highest BCUT2D eigenvalue weighted by Gasteiger charge is 2.23. The predicted octanol–water partition coefficient (Wildman–Crippen LogP) is 2.75. The Bertz CT molecular complexity index is 726. The van der Waals surface area contributed by atoms with Crippen LogP contribution in [0.25, 0.3) is 11.1 Å². The molecule has 1 aliphatic rings. The molecule has 18 heavy (non-hydrogen) atoms. The third-order valence-electron chi connectivity index (χ3n) is 2.87. The molecular weight excluding hydrogens is 253 g/mol. The highest BCUT2D eigenvalue weighted by molar-refractivity contribution is 7.92. The summed E-state index contributed by atoms with van der Waals surface area (Å²) >= 11 is 0. The lowest BCUT2D eigenvalue weighted by Crippen LogP contribution is -2.05. The highest BCUT2D eigenvalue weighted by atomic mass is 32.2. The van der Waals surface area contributed by atoms with E-state index in [-0.39, 0.29) is 11.6 Å². The summed E-state index contributed by atoms with van der Waals surface area (Å²) in [5.41, 5.74) is 2.88. The predicted molar refractivity (Wildman–Crippen MR) is 68.1 cm³/mol. The zero-order valence-corrected chi connectivity index (χ0v) is 10.2. The molecule has 0 bridgehead atoms. The zero-order chi connectivity index (χ0) is 12.8. The van der Waals surface area contributed by atoms with Gasteiger partial charge in [-0.05, 0) is 41.0 Å². The molecule has 0 amide bonds. The van der Waals surface area contributed by atoms with Crippen molar-refractivity contribution in [2.75, 3.05) is 4.72 Å². The van der Waals surface area contributed by atoms with Crippen LogP contribution in [0.5, 0.6) is 0 Å². The van der Waals surface area contributed by atoms with Crippen molar-refractivity contribution in [2.24, 2.45) is 0 Å². The first-order valence-electron chi connectivity index (χ1n) is 5.43. The van der Waals surface area contributed by atoms with E-state index in [0.29, 0.717) is 5.69 Å². The van der Waals surface area contributed by atoms with Gasteiger partial charge >= 0.3 is 0 Å². The fourth-order valence-corrected chi connectivity index (χ4v) is 3.32. The Morgan fingerprint density at radius 1 is 1.06 bits per heavy atom. The second-order valence-electron chi connectivity index (χ2n) is 4.24. The van der Waals surface area contributed by atoms with Crippen LogP contribution in [0.4, 0.5) is 10.1 Å². The third kappa shape index (κ3) is 1.97. The first kappa shape index (κ1) is 11.2. The van der Waals surface area contributed by atoms with Gasteiger partial charge in [-0.2, -0.15) is 0 Å². The first-order chi connectivity index (χ1) is 8.53. The molecule has 0 spiro atoms. The Balaban J connectivity index is 2.07. The standard InChI is InChI=1S/C13H10FNO2S/c14-12-3-1-2-9(7-12)10-4-5-13-11(6-10)8-18(16,17)15-13/h1-7,15H,8H2. The van der Waals surface area contributed by atoms with Crippen LogP contribution in [-0.4, -0.2) is 8.42 Å². The average molecular weight is 263 g/mol.